The number of halogens is 3. The molecule has 1 saturated heterocycles. The van der Waals surface area contributed by atoms with Crippen molar-refractivity contribution in [1.29, 1.82) is 0 Å². The van der Waals surface area contributed by atoms with Crippen LogP contribution in [0.25, 0.3) is 0 Å². The predicted molar refractivity (Wildman–Crippen MR) is 153 cm³/mol. The summed E-state index contributed by atoms with van der Waals surface area (Å²) in [7, 11) is 4.71. The summed E-state index contributed by atoms with van der Waals surface area (Å²) in [6.07, 6.45) is -1.59. The summed E-state index contributed by atoms with van der Waals surface area (Å²) in [5, 5.41) is 13.4. The highest BCUT2D eigenvalue weighted by Crippen LogP contribution is 2.40. The van der Waals surface area contributed by atoms with Crippen molar-refractivity contribution in [3.8, 4) is 17.2 Å². The Morgan fingerprint density at radius 2 is 1.74 bits per heavy atom. The zero-order valence-corrected chi connectivity index (χ0v) is 24.2. The van der Waals surface area contributed by atoms with E-state index in [0.717, 1.165) is 30.8 Å². The van der Waals surface area contributed by atoms with Crippen molar-refractivity contribution in [2.45, 2.75) is 32.5 Å². The Kier molecular flexibility index (Phi) is 11.4. The molecule has 1 aliphatic rings. The van der Waals surface area contributed by atoms with E-state index in [1.807, 2.05) is 18.2 Å². The first-order chi connectivity index (χ1) is 20.4. The molecule has 4 rings (SSSR count). The fourth-order valence-electron chi connectivity index (χ4n) is 4.42. The number of carboxylic acids is 1. The highest BCUT2D eigenvalue weighted by Gasteiger charge is 2.38. The maximum atomic E-state index is 12.9. The average molecular weight is 606 g/mol. The molecule has 11 nitrogen and oxygen atoms in total. The zero-order chi connectivity index (χ0) is 31.6. The molecule has 3 aromatic rings. The highest BCUT2D eigenvalue weighted by molar-refractivity contribution is 5.79. The molecule has 232 valence electrons. The number of aliphatic carboxylic acids is 1. The molecule has 2 heterocycles. The molecule has 0 unspecified atom stereocenters. The van der Waals surface area contributed by atoms with Gasteiger partial charge >= 0.3 is 12.1 Å². The molecule has 2 aromatic carbocycles. The summed E-state index contributed by atoms with van der Waals surface area (Å²) in [6, 6.07) is 13.7. The van der Waals surface area contributed by atoms with Gasteiger partial charge in [-0.15, -0.1) is 0 Å². The maximum Gasteiger partial charge on any atom is 0.490 e. The number of benzene rings is 2. The van der Waals surface area contributed by atoms with E-state index < -0.39 is 12.1 Å². The molecule has 1 fully saturated rings. The summed E-state index contributed by atoms with van der Waals surface area (Å²) in [5.41, 5.74) is 2.99. The number of carboxylic acid groups (broad SMARTS) is 1. The van der Waals surface area contributed by atoms with Crippen molar-refractivity contribution in [1.82, 2.24) is 15.3 Å². The minimum Gasteiger partial charge on any atom is -0.493 e. The van der Waals surface area contributed by atoms with Crippen LogP contribution in [0.15, 0.2) is 48.7 Å². The Labute approximate surface area is 247 Å². The summed E-state index contributed by atoms with van der Waals surface area (Å²) in [5.74, 6) is 0.0184. The Bertz CT molecular complexity index is 1380. The molecule has 1 aromatic heterocycles. The lowest BCUT2D eigenvalue weighted by molar-refractivity contribution is -0.192. The molecular formula is C29H34F3N5O6. The third-order valence-corrected chi connectivity index (χ3v) is 6.47. The van der Waals surface area contributed by atoms with Crippen LogP contribution in [0, 0.1) is 12.8 Å². The van der Waals surface area contributed by atoms with Gasteiger partial charge in [0.05, 0.1) is 27.2 Å². The predicted octanol–water partition coefficient (Wildman–Crippen LogP) is 4.72. The molecule has 0 radical (unpaired) electrons. The van der Waals surface area contributed by atoms with Crippen LogP contribution in [-0.2, 0) is 16.1 Å². The van der Waals surface area contributed by atoms with Gasteiger partial charge in [0.25, 0.3) is 0 Å². The van der Waals surface area contributed by atoms with Gasteiger partial charge in [0, 0.05) is 43.7 Å². The summed E-state index contributed by atoms with van der Waals surface area (Å²) >= 11 is 0. The molecule has 1 amide bonds. The van der Waals surface area contributed by atoms with E-state index in [0.29, 0.717) is 42.0 Å². The number of ether oxygens (including phenoxy) is 3. The Hall–Kier alpha value is -4.75. The maximum absolute atomic E-state index is 12.9. The number of nitrogens with zero attached hydrogens (tertiary/aromatic N) is 3. The Morgan fingerprint density at radius 3 is 2.33 bits per heavy atom. The van der Waals surface area contributed by atoms with Gasteiger partial charge in [-0.1, -0.05) is 29.8 Å². The van der Waals surface area contributed by atoms with E-state index in [-0.39, 0.29) is 11.8 Å². The minimum absolute atomic E-state index is 0.0750. The number of methoxy groups -OCH3 is 3. The van der Waals surface area contributed by atoms with Gasteiger partial charge in [-0.25, -0.2) is 9.78 Å². The number of nitrogens with one attached hydrogen (secondary N) is 2. The number of anilines is 3. The molecule has 14 heteroatoms. The van der Waals surface area contributed by atoms with Gasteiger partial charge in [0.1, 0.15) is 5.82 Å². The van der Waals surface area contributed by atoms with Gasteiger partial charge in [-0.3, -0.25) is 4.79 Å². The molecular weight excluding hydrogens is 571 g/mol. The van der Waals surface area contributed by atoms with E-state index in [2.05, 4.69) is 39.6 Å². The standard InChI is InChI=1S/C27H33N5O4.C2HF3O2/c1-18-7-5-8-19(13-18)16-29-26(33)20-9-6-12-32(17-20)24-10-11-28-27(31-24)30-21-14-22(34-2)25(36-4)23(15-21)35-3;3-2(4,5)1(6)7/h5,7-8,10-11,13-15,20H,6,9,12,16-17H2,1-4H3,(H,29,33)(H,28,30,31);(H,6,7)/t20-;/m0./s1. The summed E-state index contributed by atoms with van der Waals surface area (Å²) in [4.78, 5) is 33.0. The number of carbonyl (C=O) groups is 2. The third kappa shape index (κ3) is 9.38. The quantitative estimate of drug-likeness (QED) is 0.315. The summed E-state index contributed by atoms with van der Waals surface area (Å²) in [6.45, 7) is 4.03. The van der Waals surface area contributed by atoms with Crippen molar-refractivity contribution in [3.05, 3.63) is 59.8 Å². The fourth-order valence-corrected chi connectivity index (χ4v) is 4.42. The minimum atomic E-state index is -5.08. The lowest BCUT2D eigenvalue weighted by atomic mass is 9.97. The number of rotatable bonds is 9. The number of hydrogen-bond donors (Lipinski definition) is 3. The van der Waals surface area contributed by atoms with E-state index in [1.54, 1.807) is 39.7 Å². The van der Waals surface area contributed by atoms with E-state index in [1.165, 1.54) is 5.56 Å². The fraction of sp³-hybridized carbons (Fsp3) is 0.379. The number of carbonyl (C=O) groups excluding carboxylic acids is 1. The lowest BCUT2D eigenvalue weighted by Crippen LogP contribution is -2.43. The number of aromatic nitrogens is 2. The number of piperidine rings is 1. The molecule has 0 bridgehead atoms. The number of alkyl halides is 3. The van der Waals surface area contributed by atoms with Crippen LogP contribution in [-0.4, -0.2) is 67.5 Å². The van der Waals surface area contributed by atoms with Crippen LogP contribution in [0.5, 0.6) is 17.2 Å². The van der Waals surface area contributed by atoms with Gasteiger partial charge < -0.3 is 34.9 Å². The average Bonchev–Trinajstić information content (AvgIpc) is 2.99. The molecule has 1 atom stereocenters. The van der Waals surface area contributed by atoms with Crippen LogP contribution in [0.3, 0.4) is 0 Å². The van der Waals surface area contributed by atoms with Crippen LogP contribution in [0.4, 0.5) is 30.6 Å². The van der Waals surface area contributed by atoms with Gasteiger partial charge in [0.15, 0.2) is 11.5 Å². The number of hydrogen-bond acceptors (Lipinski definition) is 9. The monoisotopic (exact) mass is 605 g/mol. The second-order valence-corrected chi connectivity index (χ2v) is 9.57. The van der Waals surface area contributed by atoms with Crippen molar-refractivity contribution >= 4 is 29.3 Å². The number of aryl methyl sites for hydroxylation is 1. The molecule has 0 aliphatic carbocycles. The first-order valence-electron chi connectivity index (χ1n) is 13.2. The Morgan fingerprint density at radius 1 is 1.07 bits per heavy atom. The largest absolute Gasteiger partial charge is 0.493 e. The first-order valence-corrected chi connectivity index (χ1v) is 13.2. The molecule has 0 spiro atoms. The van der Waals surface area contributed by atoms with E-state index in [9.17, 15) is 18.0 Å². The van der Waals surface area contributed by atoms with Gasteiger partial charge in [-0.05, 0) is 31.4 Å². The van der Waals surface area contributed by atoms with Gasteiger partial charge in [-0.2, -0.15) is 18.2 Å². The third-order valence-electron chi connectivity index (χ3n) is 6.47. The van der Waals surface area contributed by atoms with Crippen molar-refractivity contribution in [2.24, 2.45) is 5.92 Å². The normalized spacial score (nSPS) is 14.6. The van der Waals surface area contributed by atoms with Crippen LogP contribution >= 0.6 is 0 Å². The molecule has 3 N–H and O–H groups in total. The van der Waals surface area contributed by atoms with Crippen molar-refractivity contribution in [3.63, 3.8) is 0 Å². The Balaban J connectivity index is 0.000000646. The second-order valence-electron chi connectivity index (χ2n) is 9.57. The smallest absolute Gasteiger partial charge is 0.490 e. The van der Waals surface area contributed by atoms with Crippen LogP contribution in [0.1, 0.15) is 24.0 Å². The molecule has 43 heavy (non-hydrogen) atoms. The van der Waals surface area contributed by atoms with E-state index >= 15 is 0 Å². The molecule has 1 aliphatic heterocycles. The summed E-state index contributed by atoms with van der Waals surface area (Å²) < 4.78 is 48.0. The van der Waals surface area contributed by atoms with Gasteiger partial charge in [0.2, 0.25) is 17.6 Å². The zero-order valence-electron chi connectivity index (χ0n) is 24.2. The van der Waals surface area contributed by atoms with Crippen molar-refractivity contribution in [2.75, 3.05) is 44.6 Å². The lowest BCUT2D eigenvalue weighted by Gasteiger charge is -2.33. The number of amides is 1. The second kappa shape index (κ2) is 14.9. The van der Waals surface area contributed by atoms with Crippen LogP contribution in [0.2, 0.25) is 0 Å². The van der Waals surface area contributed by atoms with Crippen LogP contribution < -0.4 is 29.7 Å². The van der Waals surface area contributed by atoms with Crippen molar-refractivity contribution < 1.29 is 42.1 Å². The first kappa shape index (κ1) is 32.8. The SMILES string of the molecule is COc1cc(Nc2nccc(N3CCC[C@H](C(=O)NCc4cccc(C)c4)C3)n2)cc(OC)c1OC.O=C(O)C(F)(F)F. The topological polar surface area (TPSA) is 135 Å². The van der Waals surface area contributed by atoms with E-state index in [4.69, 9.17) is 29.1 Å². The highest BCUT2D eigenvalue weighted by atomic mass is 19.4. The molecule has 0 saturated carbocycles.